The molecule has 0 saturated heterocycles. The van der Waals surface area contributed by atoms with Crippen LogP contribution in [0.4, 0.5) is 0 Å². The van der Waals surface area contributed by atoms with E-state index < -0.39 is 0 Å². The number of hydrogen-bond acceptors (Lipinski definition) is 2. The van der Waals surface area contributed by atoms with Crippen LogP contribution in [0.3, 0.4) is 0 Å². The Hall–Kier alpha value is -1.80. The summed E-state index contributed by atoms with van der Waals surface area (Å²) in [6.45, 7) is 0. The van der Waals surface area contributed by atoms with Crippen molar-refractivity contribution in [1.82, 2.24) is 5.32 Å². The Morgan fingerprint density at radius 2 is 1.89 bits per heavy atom. The molecule has 2 aromatic rings. The summed E-state index contributed by atoms with van der Waals surface area (Å²) in [5.41, 5.74) is 5.58. The van der Waals surface area contributed by atoms with Crippen LogP contribution in [0.2, 0.25) is 0 Å². The summed E-state index contributed by atoms with van der Waals surface area (Å²) >= 11 is 0. The average molecular weight is 253 g/mol. The molecule has 1 unspecified atom stereocenters. The van der Waals surface area contributed by atoms with Crippen molar-refractivity contribution < 1.29 is 4.74 Å². The van der Waals surface area contributed by atoms with Crippen molar-refractivity contribution in [3.8, 4) is 16.9 Å². The van der Waals surface area contributed by atoms with E-state index in [1.165, 1.54) is 28.7 Å². The number of methoxy groups -OCH3 is 1. The van der Waals surface area contributed by atoms with Crippen molar-refractivity contribution in [2.45, 2.75) is 18.9 Å². The summed E-state index contributed by atoms with van der Waals surface area (Å²) in [6.07, 6.45) is 2.35. The lowest BCUT2D eigenvalue weighted by molar-refractivity contribution is 0.415. The first-order valence-corrected chi connectivity index (χ1v) is 6.77. The van der Waals surface area contributed by atoms with Crippen molar-refractivity contribution in [3.63, 3.8) is 0 Å². The molecule has 1 atom stereocenters. The molecule has 98 valence electrons. The van der Waals surface area contributed by atoms with Crippen LogP contribution in [0.5, 0.6) is 5.75 Å². The molecular formula is C17H19NO. The van der Waals surface area contributed by atoms with Crippen LogP contribution in [0, 0.1) is 0 Å². The second kappa shape index (κ2) is 5.06. The number of benzene rings is 2. The maximum Gasteiger partial charge on any atom is 0.118 e. The van der Waals surface area contributed by atoms with E-state index in [1.54, 1.807) is 7.11 Å². The third kappa shape index (κ3) is 2.13. The lowest BCUT2D eigenvalue weighted by Crippen LogP contribution is -2.12. The van der Waals surface area contributed by atoms with E-state index in [0.717, 1.165) is 12.2 Å². The highest BCUT2D eigenvalue weighted by atomic mass is 16.5. The number of hydrogen-bond donors (Lipinski definition) is 1. The minimum atomic E-state index is 0.508. The standard InChI is InChI=1S/C17H19NO/c1-18-17-11-10-15-14(4-3-5-16(15)17)12-6-8-13(19-2)9-7-12/h3-9,17-18H,10-11H2,1-2H3. The van der Waals surface area contributed by atoms with Crippen molar-refractivity contribution >= 4 is 0 Å². The van der Waals surface area contributed by atoms with Gasteiger partial charge in [0.1, 0.15) is 5.75 Å². The van der Waals surface area contributed by atoms with Crippen LogP contribution >= 0.6 is 0 Å². The van der Waals surface area contributed by atoms with Gasteiger partial charge in [-0.3, -0.25) is 0 Å². The van der Waals surface area contributed by atoms with E-state index in [2.05, 4.69) is 35.6 Å². The summed E-state index contributed by atoms with van der Waals surface area (Å²) in [4.78, 5) is 0. The molecule has 0 bridgehead atoms. The molecule has 0 radical (unpaired) electrons. The second-order valence-electron chi connectivity index (χ2n) is 4.98. The van der Waals surface area contributed by atoms with Gasteiger partial charge in [0.15, 0.2) is 0 Å². The van der Waals surface area contributed by atoms with Gasteiger partial charge < -0.3 is 10.1 Å². The monoisotopic (exact) mass is 253 g/mol. The van der Waals surface area contributed by atoms with Gasteiger partial charge in [0, 0.05) is 6.04 Å². The van der Waals surface area contributed by atoms with Gasteiger partial charge in [-0.1, -0.05) is 30.3 Å². The summed E-state index contributed by atoms with van der Waals surface area (Å²) in [6, 6.07) is 15.5. The number of nitrogens with one attached hydrogen (secondary N) is 1. The molecule has 19 heavy (non-hydrogen) atoms. The molecular weight excluding hydrogens is 234 g/mol. The van der Waals surface area contributed by atoms with Crippen molar-refractivity contribution in [1.29, 1.82) is 0 Å². The first kappa shape index (κ1) is 12.2. The summed E-state index contributed by atoms with van der Waals surface area (Å²) in [5.74, 6) is 0.907. The average Bonchev–Trinajstić information content (AvgIpc) is 2.90. The molecule has 2 heteroatoms. The fourth-order valence-corrected chi connectivity index (χ4v) is 3.00. The molecule has 1 aliphatic rings. The first-order chi connectivity index (χ1) is 9.33. The van der Waals surface area contributed by atoms with Crippen molar-refractivity contribution in [2.24, 2.45) is 0 Å². The highest BCUT2D eigenvalue weighted by molar-refractivity contribution is 5.70. The Morgan fingerprint density at radius 1 is 1.11 bits per heavy atom. The number of fused-ring (bicyclic) bond motifs is 1. The van der Waals surface area contributed by atoms with Crippen LogP contribution in [0.1, 0.15) is 23.6 Å². The minimum Gasteiger partial charge on any atom is -0.497 e. The van der Waals surface area contributed by atoms with Gasteiger partial charge in [-0.25, -0.2) is 0 Å². The van der Waals surface area contributed by atoms with Gasteiger partial charge in [0.05, 0.1) is 7.11 Å². The third-order valence-electron chi connectivity index (χ3n) is 4.02. The molecule has 0 amide bonds. The zero-order valence-corrected chi connectivity index (χ0v) is 11.4. The lowest BCUT2D eigenvalue weighted by Gasteiger charge is -2.12. The van der Waals surface area contributed by atoms with E-state index in [4.69, 9.17) is 4.74 Å². The first-order valence-electron chi connectivity index (χ1n) is 6.77. The van der Waals surface area contributed by atoms with Crippen LogP contribution in [-0.2, 0) is 6.42 Å². The maximum absolute atomic E-state index is 5.22. The molecule has 0 aliphatic heterocycles. The normalized spacial score (nSPS) is 17.3. The maximum atomic E-state index is 5.22. The highest BCUT2D eigenvalue weighted by Gasteiger charge is 2.23. The van der Waals surface area contributed by atoms with E-state index in [1.807, 2.05) is 19.2 Å². The molecule has 0 spiro atoms. The number of ether oxygens (including phenoxy) is 1. The van der Waals surface area contributed by atoms with Crippen LogP contribution in [0.15, 0.2) is 42.5 Å². The Balaban J connectivity index is 2.04. The van der Waals surface area contributed by atoms with Gasteiger partial charge in [0.25, 0.3) is 0 Å². The van der Waals surface area contributed by atoms with Gasteiger partial charge in [-0.05, 0) is 54.3 Å². The molecule has 0 saturated carbocycles. The van der Waals surface area contributed by atoms with Gasteiger partial charge in [-0.15, -0.1) is 0 Å². The predicted molar refractivity (Wildman–Crippen MR) is 78.6 cm³/mol. The summed E-state index contributed by atoms with van der Waals surface area (Å²) in [7, 11) is 3.74. The van der Waals surface area contributed by atoms with Gasteiger partial charge in [0.2, 0.25) is 0 Å². The Bertz CT molecular complexity index is 574. The van der Waals surface area contributed by atoms with E-state index >= 15 is 0 Å². The molecule has 3 rings (SSSR count). The van der Waals surface area contributed by atoms with E-state index in [9.17, 15) is 0 Å². The van der Waals surface area contributed by atoms with Crippen molar-refractivity contribution in [3.05, 3.63) is 53.6 Å². The molecule has 0 fully saturated rings. The topological polar surface area (TPSA) is 21.3 Å². The second-order valence-corrected chi connectivity index (χ2v) is 4.98. The fourth-order valence-electron chi connectivity index (χ4n) is 3.00. The van der Waals surface area contributed by atoms with Crippen LogP contribution in [-0.4, -0.2) is 14.2 Å². The predicted octanol–water partition coefficient (Wildman–Crippen LogP) is 3.57. The van der Waals surface area contributed by atoms with E-state index in [0.29, 0.717) is 6.04 Å². The molecule has 2 aromatic carbocycles. The van der Waals surface area contributed by atoms with Gasteiger partial charge in [-0.2, -0.15) is 0 Å². The zero-order chi connectivity index (χ0) is 13.2. The Labute approximate surface area is 114 Å². The van der Waals surface area contributed by atoms with E-state index in [-0.39, 0.29) is 0 Å². The molecule has 2 nitrogen and oxygen atoms in total. The number of rotatable bonds is 3. The third-order valence-corrected chi connectivity index (χ3v) is 4.02. The Kier molecular flexibility index (Phi) is 3.26. The highest BCUT2D eigenvalue weighted by Crippen LogP contribution is 2.37. The molecule has 0 heterocycles. The van der Waals surface area contributed by atoms with Crippen LogP contribution in [0.25, 0.3) is 11.1 Å². The Morgan fingerprint density at radius 3 is 2.58 bits per heavy atom. The SMILES string of the molecule is CNC1CCc2c(-c3ccc(OC)cc3)cccc21. The quantitative estimate of drug-likeness (QED) is 0.903. The smallest absolute Gasteiger partial charge is 0.118 e. The summed E-state index contributed by atoms with van der Waals surface area (Å²) in [5, 5.41) is 3.40. The van der Waals surface area contributed by atoms with Gasteiger partial charge >= 0.3 is 0 Å². The minimum absolute atomic E-state index is 0.508. The zero-order valence-electron chi connectivity index (χ0n) is 11.4. The largest absolute Gasteiger partial charge is 0.497 e. The fraction of sp³-hybridized carbons (Fsp3) is 0.294. The lowest BCUT2D eigenvalue weighted by atomic mass is 9.96. The van der Waals surface area contributed by atoms with Crippen molar-refractivity contribution in [2.75, 3.05) is 14.2 Å². The molecule has 0 aromatic heterocycles. The molecule has 1 aliphatic carbocycles. The summed E-state index contributed by atoms with van der Waals surface area (Å²) < 4.78 is 5.22. The molecule has 1 N–H and O–H groups in total. The van der Waals surface area contributed by atoms with Crippen LogP contribution < -0.4 is 10.1 Å².